The van der Waals surface area contributed by atoms with Gasteiger partial charge in [0.15, 0.2) is 10.5 Å². The number of rotatable bonds is 3. The van der Waals surface area contributed by atoms with Crippen LogP contribution in [-0.2, 0) is 0 Å². The number of aromatic nitrogens is 3. The van der Waals surface area contributed by atoms with Crippen molar-refractivity contribution in [2.24, 2.45) is 5.10 Å². The van der Waals surface area contributed by atoms with Gasteiger partial charge in [-0.1, -0.05) is 87.9 Å². The number of para-hydroxylation sites is 2. The average Bonchev–Trinajstić information content (AvgIpc) is 3.52. The molecule has 1 atom stereocenters. The molecule has 2 aromatic heterocycles. The van der Waals surface area contributed by atoms with Gasteiger partial charge in [-0.05, 0) is 52.2 Å². The predicted octanol–water partition coefficient (Wildman–Crippen LogP) is 7.51. The molecule has 0 N–H and O–H groups in total. The molecule has 7 rings (SSSR count). The Bertz CT molecular complexity index is 1710. The first-order valence-electron chi connectivity index (χ1n) is 11.4. The van der Waals surface area contributed by atoms with E-state index in [0.29, 0.717) is 5.65 Å². The van der Waals surface area contributed by atoms with Crippen molar-refractivity contribution in [3.63, 3.8) is 0 Å². The Morgan fingerprint density at radius 3 is 2.34 bits per heavy atom. The highest BCUT2D eigenvalue weighted by molar-refractivity contribution is 9.10. The van der Waals surface area contributed by atoms with Gasteiger partial charge in [-0.15, -0.1) is 0 Å². The number of hydrogen-bond donors (Lipinski definition) is 0. The Balaban J connectivity index is 1.36. The summed E-state index contributed by atoms with van der Waals surface area (Å²) in [5.41, 5.74) is 5.76. The molecule has 35 heavy (non-hydrogen) atoms. The van der Waals surface area contributed by atoms with Gasteiger partial charge >= 0.3 is 0 Å². The van der Waals surface area contributed by atoms with Crippen LogP contribution in [0.15, 0.2) is 101 Å². The first kappa shape index (κ1) is 20.7. The molecule has 0 amide bonds. The number of anilines is 1. The number of thiazole rings is 1. The van der Waals surface area contributed by atoms with Crippen LogP contribution in [0.1, 0.15) is 23.6 Å². The summed E-state index contributed by atoms with van der Waals surface area (Å²) < 4.78 is 1.05. The lowest BCUT2D eigenvalue weighted by atomic mass is 9.96. The van der Waals surface area contributed by atoms with Crippen LogP contribution in [0.2, 0.25) is 0 Å². The third kappa shape index (κ3) is 3.68. The molecule has 0 saturated heterocycles. The Morgan fingerprint density at radius 1 is 0.771 bits per heavy atom. The van der Waals surface area contributed by atoms with Crippen molar-refractivity contribution in [2.45, 2.75) is 12.5 Å². The third-order valence-corrected chi connectivity index (χ3v) is 7.81. The summed E-state index contributed by atoms with van der Waals surface area (Å²) in [6.07, 6.45) is 0.790. The second-order valence-electron chi connectivity index (χ2n) is 8.56. The second-order valence-corrected chi connectivity index (χ2v) is 10.4. The zero-order chi connectivity index (χ0) is 23.4. The van der Waals surface area contributed by atoms with Gasteiger partial charge in [-0.25, -0.2) is 15.0 Å². The minimum absolute atomic E-state index is 0.0354. The number of benzene rings is 4. The summed E-state index contributed by atoms with van der Waals surface area (Å²) in [6.45, 7) is 0. The summed E-state index contributed by atoms with van der Waals surface area (Å²) in [7, 11) is 0. The lowest BCUT2D eigenvalue weighted by Crippen LogP contribution is -2.18. The van der Waals surface area contributed by atoms with Crippen LogP contribution < -0.4 is 5.01 Å². The van der Waals surface area contributed by atoms with Gasteiger partial charge in [0.05, 0.1) is 22.8 Å². The van der Waals surface area contributed by atoms with Gasteiger partial charge < -0.3 is 0 Å². The van der Waals surface area contributed by atoms with E-state index in [1.807, 2.05) is 24.3 Å². The molecule has 4 aromatic carbocycles. The fourth-order valence-corrected chi connectivity index (χ4v) is 5.75. The fourth-order valence-electron chi connectivity index (χ4n) is 4.59. The first-order chi connectivity index (χ1) is 17.2. The molecule has 6 aromatic rings. The standard InChI is InChI=1S/C28H18BrN5S/c29-21-13-11-18(12-14-21)24-16-25(20-10-9-17-5-1-2-6-19(17)15-20)34(33-24)28-32-26-27(35-28)31-23-8-4-3-7-22(23)30-26/h1-15,25H,16H2. The second kappa shape index (κ2) is 8.22. The van der Waals surface area contributed by atoms with E-state index in [1.54, 1.807) is 0 Å². The minimum atomic E-state index is 0.0354. The topological polar surface area (TPSA) is 54.3 Å². The number of nitrogens with zero attached hydrogens (tertiary/aromatic N) is 5. The molecule has 1 unspecified atom stereocenters. The van der Waals surface area contributed by atoms with Gasteiger partial charge in [0, 0.05) is 10.9 Å². The summed E-state index contributed by atoms with van der Waals surface area (Å²) in [6, 6.07) is 31.4. The zero-order valence-electron chi connectivity index (χ0n) is 18.5. The lowest BCUT2D eigenvalue weighted by molar-refractivity contribution is 0.708. The molecule has 0 saturated carbocycles. The van der Waals surface area contributed by atoms with Crippen LogP contribution in [-0.4, -0.2) is 20.7 Å². The molecule has 0 fully saturated rings. The van der Waals surface area contributed by atoms with E-state index in [-0.39, 0.29) is 6.04 Å². The van der Waals surface area contributed by atoms with Gasteiger partial charge in [-0.3, -0.25) is 0 Å². The summed E-state index contributed by atoms with van der Waals surface area (Å²) in [5, 5.41) is 10.4. The quantitative estimate of drug-likeness (QED) is 0.235. The molecule has 3 heterocycles. The summed E-state index contributed by atoms with van der Waals surface area (Å²) in [5.74, 6) is 0. The molecule has 0 spiro atoms. The largest absolute Gasteiger partial charge is 0.232 e. The molecule has 1 aliphatic rings. The average molecular weight is 536 g/mol. The van der Waals surface area contributed by atoms with Crippen LogP contribution >= 0.6 is 27.3 Å². The Hall–Kier alpha value is -3.68. The van der Waals surface area contributed by atoms with E-state index in [0.717, 1.165) is 43.2 Å². The molecule has 5 nitrogen and oxygen atoms in total. The maximum absolute atomic E-state index is 5.09. The highest BCUT2D eigenvalue weighted by atomic mass is 79.9. The molecule has 7 heteroatoms. The Kier molecular flexibility index (Phi) is 4.85. The van der Waals surface area contributed by atoms with E-state index in [1.165, 1.54) is 27.7 Å². The smallest absolute Gasteiger partial charge is 0.210 e. The molecular weight excluding hydrogens is 518 g/mol. The highest BCUT2D eigenvalue weighted by Gasteiger charge is 2.32. The SMILES string of the molecule is Brc1ccc(C2=NN(c3nc4nc5ccccc5nc4s3)C(c3ccc4ccccc4c3)C2)cc1. The summed E-state index contributed by atoms with van der Waals surface area (Å²) >= 11 is 5.08. The van der Waals surface area contributed by atoms with E-state index < -0.39 is 0 Å². The van der Waals surface area contributed by atoms with Crippen LogP contribution in [0.25, 0.3) is 32.3 Å². The highest BCUT2D eigenvalue weighted by Crippen LogP contribution is 2.40. The third-order valence-electron chi connectivity index (χ3n) is 6.35. The molecule has 0 aliphatic carbocycles. The molecule has 0 bridgehead atoms. The van der Waals surface area contributed by atoms with Crippen LogP contribution in [0, 0.1) is 0 Å². The van der Waals surface area contributed by atoms with Crippen molar-refractivity contribution in [1.82, 2.24) is 15.0 Å². The molecular formula is C28H18BrN5S. The minimum Gasteiger partial charge on any atom is -0.232 e. The van der Waals surface area contributed by atoms with E-state index in [9.17, 15) is 0 Å². The van der Waals surface area contributed by atoms with Crippen molar-refractivity contribution in [2.75, 3.05) is 5.01 Å². The maximum atomic E-state index is 5.09. The molecule has 168 valence electrons. The van der Waals surface area contributed by atoms with Crippen molar-refractivity contribution in [3.05, 3.63) is 107 Å². The normalized spacial score (nSPS) is 15.9. The van der Waals surface area contributed by atoms with E-state index >= 15 is 0 Å². The van der Waals surface area contributed by atoms with E-state index in [4.69, 9.17) is 20.1 Å². The van der Waals surface area contributed by atoms with Crippen LogP contribution in [0.4, 0.5) is 5.13 Å². The van der Waals surface area contributed by atoms with Crippen molar-refractivity contribution in [1.29, 1.82) is 0 Å². The van der Waals surface area contributed by atoms with E-state index in [2.05, 4.69) is 87.7 Å². The van der Waals surface area contributed by atoms with Gasteiger partial charge in [0.2, 0.25) is 5.13 Å². The van der Waals surface area contributed by atoms with Crippen LogP contribution in [0.3, 0.4) is 0 Å². The number of fused-ring (bicyclic) bond motifs is 3. The van der Waals surface area contributed by atoms with Gasteiger partial charge in [0.25, 0.3) is 0 Å². The lowest BCUT2D eigenvalue weighted by Gasteiger charge is -2.21. The monoisotopic (exact) mass is 535 g/mol. The van der Waals surface area contributed by atoms with Crippen molar-refractivity contribution >= 4 is 70.4 Å². The molecule has 0 radical (unpaired) electrons. The number of halogens is 1. The summed E-state index contributed by atoms with van der Waals surface area (Å²) in [4.78, 5) is 15.3. The number of hydrogen-bond acceptors (Lipinski definition) is 6. The Morgan fingerprint density at radius 2 is 1.51 bits per heavy atom. The number of hydrazone groups is 1. The maximum Gasteiger partial charge on any atom is 0.210 e. The van der Waals surface area contributed by atoms with Gasteiger partial charge in [-0.2, -0.15) is 10.1 Å². The Labute approximate surface area is 213 Å². The van der Waals surface area contributed by atoms with Gasteiger partial charge in [0.1, 0.15) is 0 Å². The molecule has 1 aliphatic heterocycles. The van der Waals surface area contributed by atoms with Crippen molar-refractivity contribution in [3.8, 4) is 0 Å². The van der Waals surface area contributed by atoms with Crippen molar-refractivity contribution < 1.29 is 0 Å². The first-order valence-corrected chi connectivity index (χ1v) is 13.0. The predicted molar refractivity (Wildman–Crippen MR) is 147 cm³/mol. The fraction of sp³-hybridized carbons (Fsp3) is 0.0714. The van der Waals surface area contributed by atoms with Crippen LogP contribution in [0.5, 0.6) is 0 Å². The zero-order valence-corrected chi connectivity index (χ0v) is 20.9.